The lowest BCUT2D eigenvalue weighted by molar-refractivity contribution is 0.146. The van der Waals surface area contributed by atoms with Crippen LogP contribution >= 0.6 is 0 Å². The molecule has 0 aromatic carbocycles. The molecular weight excluding hydrogens is 174 g/mol. The van der Waals surface area contributed by atoms with Gasteiger partial charge in [0.15, 0.2) is 0 Å². The molecule has 0 aromatic heterocycles. The summed E-state index contributed by atoms with van der Waals surface area (Å²) >= 11 is 0. The average Bonchev–Trinajstić information content (AvgIpc) is 2.13. The first-order chi connectivity index (χ1) is 6.66. The van der Waals surface area contributed by atoms with E-state index in [1.54, 1.807) is 0 Å². The summed E-state index contributed by atoms with van der Waals surface area (Å²) in [4.78, 5) is 2.17. The van der Waals surface area contributed by atoms with Crippen LogP contribution in [-0.4, -0.2) is 38.8 Å². The molecule has 82 valence electrons. The molecule has 14 heavy (non-hydrogen) atoms. The minimum atomic E-state index is 0.748. The van der Waals surface area contributed by atoms with E-state index in [0.29, 0.717) is 0 Å². The molecule has 2 heteroatoms. The first kappa shape index (κ1) is 13.4. The van der Waals surface area contributed by atoms with Crippen LogP contribution in [0.3, 0.4) is 0 Å². The van der Waals surface area contributed by atoms with Gasteiger partial charge in [-0.2, -0.15) is 0 Å². The number of allylic oxidation sites excluding steroid dienone is 3. The van der Waals surface area contributed by atoms with Crippen LogP contribution in [0.5, 0.6) is 0 Å². The van der Waals surface area contributed by atoms with Gasteiger partial charge in [-0.05, 0) is 46.5 Å². The minimum absolute atomic E-state index is 0.748. The van der Waals surface area contributed by atoms with E-state index < -0.39 is 0 Å². The molecule has 0 aliphatic heterocycles. The lowest BCUT2D eigenvalue weighted by atomic mass is 10.3. The Morgan fingerprint density at radius 1 is 1.36 bits per heavy atom. The predicted molar refractivity (Wildman–Crippen MR) is 62.6 cm³/mol. The minimum Gasteiger partial charge on any atom is -0.377 e. The maximum Gasteiger partial charge on any atom is 0.0677 e. The molecule has 0 fully saturated rings. The highest BCUT2D eigenvalue weighted by molar-refractivity contribution is 5.09. The second-order valence-corrected chi connectivity index (χ2v) is 3.75. The van der Waals surface area contributed by atoms with Gasteiger partial charge < -0.3 is 9.64 Å². The van der Waals surface area contributed by atoms with Crippen molar-refractivity contribution in [3.8, 4) is 0 Å². The van der Waals surface area contributed by atoms with Gasteiger partial charge in [-0.1, -0.05) is 18.2 Å². The van der Waals surface area contributed by atoms with E-state index in [4.69, 9.17) is 4.74 Å². The molecule has 0 heterocycles. The average molecular weight is 197 g/mol. The fourth-order valence-corrected chi connectivity index (χ4v) is 1.02. The first-order valence-corrected chi connectivity index (χ1v) is 5.17. The molecule has 0 aliphatic rings. The summed E-state index contributed by atoms with van der Waals surface area (Å²) in [5.41, 5.74) is 1.27. The zero-order valence-electron chi connectivity index (χ0n) is 9.92. The summed E-state index contributed by atoms with van der Waals surface area (Å²) in [6, 6.07) is 0. The number of hydrogen-bond acceptors (Lipinski definition) is 2. The van der Waals surface area contributed by atoms with E-state index in [1.165, 1.54) is 5.57 Å². The summed E-state index contributed by atoms with van der Waals surface area (Å²) < 4.78 is 5.51. The Morgan fingerprint density at radius 2 is 2.07 bits per heavy atom. The van der Waals surface area contributed by atoms with Crippen LogP contribution in [0.25, 0.3) is 0 Å². The molecule has 0 amide bonds. The largest absolute Gasteiger partial charge is 0.377 e. The smallest absolute Gasteiger partial charge is 0.0677 e. The summed E-state index contributed by atoms with van der Waals surface area (Å²) in [6.45, 7) is 6.79. The normalized spacial score (nSPS) is 13.1. The van der Waals surface area contributed by atoms with Crippen molar-refractivity contribution in [3.05, 3.63) is 23.8 Å². The van der Waals surface area contributed by atoms with Gasteiger partial charge in [-0.3, -0.25) is 0 Å². The third kappa shape index (κ3) is 9.49. The van der Waals surface area contributed by atoms with Crippen molar-refractivity contribution in [1.82, 2.24) is 4.90 Å². The molecule has 0 aromatic rings. The fourth-order valence-electron chi connectivity index (χ4n) is 1.02. The molecule has 0 N–H and O–H groups in total. The van der Waals surface area contributed by atoms with E-state index in [9.17, 15) is 0 Å². The second-order valence-electron chi connectivity index (χ2n) is 3.75. The molecule has 0 atom stereocenters. The van der Waals surface area contributed by atoms with Crippen LogP contribution in [0.1, 0.15) is 20.3 Å². The predicted octanol–water partition coefficient (Wildman–Crippen LogP) is 2.48. The lowest BCUT2D eigenvalue weighted by Gasteiger charge is -2.09. The molecule has 0 unspecified atom stereocenters. The van der Waals surface area contributed by atoms with Crippen LogP contribution < -0.4 is 0 Å². The Morgan fingerprint density at radius 3 is 2.64 bits per heavy atom. The van der Waals surface area contributed by atoms with Gasteiger partial charge >= 0.3 is 0 Å². The van der Waals surface area contributed by atoms with Crippen molar-refractivity contribution in [1.29, 1.82) is 0 Å². The Labute approximate surface area is 88.2 Å². The fraction of sp³-hybridized carbons (Fsp3) is 0.667. The van der Waals surface area contributed by atoms with E-state index in [-0.39, 0.29) is 0 Å². The number of ether oxygens (including phenoxy) is 1. The van der Waals surface area contributed by atoms with Crippen LogP contribution in [0, 0.1) is 0 Å². The number of rotatable bonds is 7. The van der Waals surface area contributed by atoms with Crippen molar-refractivity contribution in [2.24, 2.45) is 0 Å². The SMILES string of the molecule is C/C=C\C=C(\C)COCCCN(C)C. The Hall–Kier alpha value is -0.600. The molecule has 0 saturated carbocycles. The Balaban J connectivity index is 3.36. The van der Waals surface area contributed by atoms with E-state index in [0.717, 1.165) is 26.2 Å². The van der Waals surface area contributed by atoms with Crippen LogP contribution in [-0.2, 0) is 4.74 Å². The molecule has 0 aliphatic carbocycles. The topological polar surface area (TPSA) is 12.5 Å². The van der Waals surface area contributed by atoms with Gasteiger partial charge in [0, 0.05) is 6.61 Å². The molecule has 0 rings (SSSR count). The quantitative estimate of drug-likeness (QED) is 0.459. The summed E-state index contributed by atoms with van der Waals surface area (Å²) in [5.74, 6) is 0. The highest BCUT2D eigenvalue weighted by Crippen LogP contribution is 1.95. The van der Waals surface area contributed by atoms with Gasteiger partial charge in [-0.15, -0.1) is 0 Å². The molecule has 0 spiro atoms. The number of nitrogens with zero attached hydrogens (tertiary/aromatic N) is 1. The van der Waals surface area contributed by atoms with Crippen molar-refractivity contribution in [2.45, 2.75) is 20.3 Å². The molecule has 2 nitrogen and oxygen atoms in total. The summed E-state index contributed by atoms with van der Waals surface area (Å²) in [6.07, 6.45) is 7.25. The van der Waals surface area contributed by atoms with Crippen LogP contribution in [0.15, 0.2) is 23.8 Å². The molecule has 0 radical (unpaired) electrons. The van der Waals surface area contributed by atoms with Crippen LogP contribution in [0.4, 0.5) is 0 Å². The third-order valence-corrected chi connectivity index (χ3v) is 1.80. The molecule has 0 bridgehead atoms. The van der Waals surface area contributed by atoms with E-state index in [1.807, 2.05) is 19.1 Å². The van der Waals surface area contributed by atoms with Gasteiger partial charge in [0.05, 0.1) is 6.61 Å². The first-order valence-electron chi connectivity index (χ1n) is 5.17. The third-order valence-electron chi connectivity index (χ3n) is 1.80. The lowest BCUT2D eigenvalue weighted by Crippen LogP contribution is -2.15. The summed E-state index contributed by atoms with van der Waals surface area (Å²) in [5, 5.41) is 0. The van der Waals surface area contributed by atoms with Gasteiger partial charge in [0.25, 0.3) is 0 Å². The van der Waals surface area contributed by atoms with Crippen molar-refractivity contribution < 1.29 is 4.74 Å². The Kier molecular flexibility index (Phi) is 8.59. The monoisotopic (exact) mass is 197 g/mol. The highest BCUT2D eigenvalue weighted by Gasteiger charge is 1.92. The van der Waals surface area contributed by atoms with Crippen molar-refractivity contribution in [3.63, 3.8) is 0 Å². The van der Waals surface area contributed by atoms with Crippen molar-refractivity contribution >= 4 is 0 Å². The van der Waals surface area contributed by atoms with Gasteiger partial charge in [-0.25, -0.2) is 0 Å². The van der Waals surface area contributed by atoms with Crippen molar-refractivity contribution in [2.75, 3.05) is 33.9 Å². The Bertz CT molecular complexity index is 183. The molecule has 0 saturated heterocycles. The van der Waals surface area contributed by atoms with Gasteiger partial charge in [0.1, 0.15) is 0 Å². The maximum atomic E-state index is 5.51. The molecular formula is C12H23NO. The van der Waals surface area contributed by atoms with Crippen LogP contribution in [0.2, 0.25) is 0 Å². The zero-order chi connectivity index (χ0) is 10.8. The number of hydrogen-bond donors (Lipinski definition) is 0. The van der Waals surface area contributed by atoms with E-state index >= 15 is 0 Å². The highest BCUT2D eigenvalue weighted by atomic mass is 16.5. The standard InChI is InChI=1S/C12H23NO/c1-5-6-8-12(2)11-14-10-7-9-13(3)4/h5-6,8H,7,9-11H2,1-4H3/b6-5-,12-8-. The van der Waals surface area contributed by atoms with Gasteiger partial charge in [0.2, 0.25) is 0 Å². The second kappa shape index (κ2) is 8.97. The summed E-state index contributed by atoms with van der Waals surface area (Å²) in [7, 11) is 4.16. The van der Waals surface area contributed by atoms with E-state index in [2.05, 4.69) is 32.0 Å². The zero-order valence-corrected chi connectivity index (χ0v) is 9.92. The maximum absolute atomic E-state index is 5.51.